The first-order chi connectivity index (χ1) is 12.5. The molecule has 0 saturated carbocycles. The quantitative estimate of drug-likeness (QED) is 0.569. The van der Waals surface area contributed by atoms with Gasteiger partial charge in [-0.2, -0.15) is 4.99 Å². The lowest BCUT2D eigenvalue weighted by Crippen LogP contribution is -2.46. The van der Waals surface area contributed by atoms with Crippen molar-refractivity contribution in [1.82, 2.24) is 0 Å². The minimum absolute atomic E-state index is 0.0104. The molecule has 0 radical (unpaired) electrons. The molecule has 3 rings (SSSR count). The maximum Gasteiger partial charge on any atom is 0.223 e. The molecule has 7 nitrogen and oxygen atoms in total. The second-order valence-electron chi connectivity index (χ2n) is 5.95. The zero-order valence-corrected chi connectivity index (χ0v) is 14.3. The van der Waals surface area contributed by atoms with Gasteiger partial charge in [-0.15, -0.1) is 0 Å². The number of guanidine groups is 2. The van der Waals surface area contributed by atoms with Gasteiger partial charge in [0.2, 0.25) is 5.96 Å². The zero-order valence-electron chi connectivity index (χ0n) is 14.3. The number of para-hydroxylation sites is 1. The fourth-order valence-corrected chi connectivity index (χ4v) is 2.94. The van der Waals surface area contributed by atoms with Crippen molar-refractivity contribution in [1.29, 1.82) is 0 Å². The van der Waals surface area contributed by atoms with Crippen LogP contribution in [0.5, 0.6) is 0 Å². The predicted octanol–water partition coefficient (Wildman–Crippen LogP) is 1.37. The number of benzene rings is 2. The molecule has 1 aliphatic heterocycles. The van der Waals surface area contributed by atoms with Gasteiger partial charge in [0.05, 0.1) is 11.4 Å². The molecular formula is C18H22FN7. The van der Waals surface area contributed by atoms with Crippen LogP contribution in [0.25, 0.3) is 0 Å². The number of anilines is 2. The third kappa shape index (κ3) is 4.21. The SMILES string of the molecule is NC(N)=NC(N)=Nc1ccc(N2CCN(c3ccccc3F)CC2)cc1. The van der Waals surface area contributed by atoms with Gasteiger partial charge in [0.15, 0.2) is 5.96 Å². The minimum Gasteiger partial charge on any atom is -0.370 e. The molecule has 136 valence electrons. The first-order valence-corrected chi connectivity index (χ1v) is 8.31. The van der Waals surface area contributed by atoms with Crippen LogP contribution in [0, 0.1) is 5.82 Å². The molecule has 1 saturated heterocycles. The van der Waals surface area contributed by atoms with Crippen LogP contribution in [-0.4, -0.2) is 38.1 Å². The van der Waals surface area contributed by atoms with E-state index >= 15 is 0 Å². The van der Waals surface area contributed by atoms with E-state index in [-0.39, 0.29) is 17.7 Å². The summed E-state index contributed by atoms with van der Waals surface area (Å²) in [5.41, 5.74) is 18.6. The molecule has 0 aromatic heterocycles. The van der Waals surface area contributed by atoms with E-state index in [0.717, 1.165) is 31.9 Å². The number of hydrogen-bond acceptors (Lipinski definition) is 3. The maximum atomic E-state index is 13.9. The third-order valence-corrected chi connectivity index (χ3v) is 4.17. The molecule has 0 amide bonds. The summed E-state index contributed by atoms with van der Waals surface area (Å²) < 4.78 is 13.9. The van der Waals surface area contributed by atoms with E-state index in [1.54, 1.807) is 6.07 Å². The van der Waals surface area contributed by atoms with Crippen molar-refractivity contribution < 1.29 is 4.39 Å². The Kier molecular flexibility index (Phi) is 5.21. The summed E-state index contributed by atoms with van der Waals surface area (Å²) in [5.74, 6) is -0.298. The standard InChI is InChI=1S/C18H22FN7/c19-15-3-1-2-4-16(15)26-11-9-25(10-12-26)14-7-5-13(6-8-14)23-18(22)24-17(20)21/h1-8H,9-12H2,(H6,20,21,22,23,24). The molecule has 0 atom stereocenters. The van der Waals surface area contributed by atoms with Gasteiger partial charge in [0.1, 0.15) is 5.82 Å². The number of rotatable bonds is 3. The average molecular weight is 355 g/mol. The molecule has 1 heterocycles. The van der Waals surface area contributed by atoms with Crippen LogP contribution in [0.2, 0.25) is 0 Å². The van der Waals surface area contributed by atoms with Crippen LogP contribution >= 0.6 is 0 Å². The van der Waals surface area contributed by atoms with Crippen molar-refractivity contribution in [2.45, 2.75) is 0 Å². The van der Waals surface area contributed by atoms with Gasteiger partial charge in [0, 0.05) is 31.9 Å². The Labute approximate surface area is 151 Å². The molecule has 26 heavy (non-hydrogen) atoms. The summed E-state index contributed by atoms with van der Waals surface area (Å²) in [6.45, 7) is 3.15. The highest BCUT2D eigenvalue weighted by molar-refractivity contribution is 5.93. The molecule has 0 spiro atoms. The lowest BCUT2D eigenvalue weighted by atomic mass is 10.2. The Morgan fingerprint density at radius 3 is 2.08 bits per heavy atom. The highest BCUT2D eigenvalue weighted by atomic mass is 19.1. The first kappa shape index (κ1) is 17.5. The van der Waals surface area contributed by atoms with Crippen molar-refractivity contribution in [3.05, 3.63) is 54.3 Å². The highest BCUT2D eigenvalue weighted by Crippen LogP contribution is 2.24. The summed E-state index contributed by atoms with van der Waals surface area (Å²) >= 11 is 0. The van der Waals surface area contributed by atoms with Crippen LogP contribution in [0.1, 0.15) is 0 Å². The molecule has 0 aliphatic carbocycles. The molecule has 2 aromatic rings. The van der Waals surface area contributed by atoms with Gasteiger partial charge in [0.25, 0.3) is 0 Å². The van der Waals surface area contributed by atoms with E-state index in [1.807, 2.05) is 36.4 Å². The van der Waals surface area contributed by atoms with E-state index in [9.17, 15) is 4.39 Å². The number of hydrogen-bond donors (Lipinski definition) is 3. The molecule has 1 fully saturated rings. The first-order valence-electron chi connectivity index (χ1n) is 8.31. The van der Waals surface area contributed by atoms with E-state index in [1.165, 1.54) is 6.07 Å². The number of nitrogens with zero attached hydrogens (tertiary/aromatic N) is 4. The number of nitrogens with two attached hydrogens (primary N) is 3. The van der Waals surface area contributed by atoms with E-state index < -0.39 is 0 Å². The number of aliphatic imine (C=N–C) groups is 2. The second kappa shape index (κ2) is 7.73. The normalized spacial score (nSPS) is 15.0. The molecule has 8 heteroatoms. The van der Waals surface area contributed by atoms with Gasteiger partial charge in [-0.1, -0.05) is 12.1 Å². The van der Waals surface area contributed by atoms with Crippen molar-refractivity contribution >= 4 is 29.0 Å². The molecule has 6 N–H and O–H groups in total. The predicted molar refractivity (Wildman–Crippen MR) is 104 cm³/mol. The average Bonchev–Trinajstić information content (AvgIpc) is 2.62. The fourth-order valence-electron chi connectivity index (χ4n) is 2.94. The molecule has 1 aliphatic rings. The summed E-state index contributed by atoms with van der Waals surface area (Å²) in [7, 11) is 0. The van der Waals surface area contributed by atoms with Crippen molar-refractivity contribution in [2.75, 3.05) is 36.0 Å². The van der Waals surface area contributed by atoms with E-state index in [2.05, 4.69) is 19.8 Å². The van der Waals surface area contributed by atoms with Crippen LogP contribution in [0.3, 0.4) is 0 Å². The molecule has 2 aromatic carbocycles. The molecule has 0 bridgehead atoms. The van der Waals surface area contributed by atoms with Crippen LogP contribution in [0.4, 0.5) is 21.5 Å². The second-order valence-corrected chi connectivity index (χ2v) is 5.95. The Morgan fingerprint density at radius 1 is 0.846 bits per heavy atom. The van der Waals surface area contributed by atoms with Gasteiger partial charge in [-0.3, -0.25) is 0 Å². The van der Waals surface area contributed by atoms with E-state index in [0.29, 0.717) is 11.4 Å². The van der Waals surface area contributed by atoms with Gasteiger partial charge in [-0.05, 0) is 36.4 Å². The Hall–Kier alpha value is -3.29. The number of piperazine rings is 1. The zero-order chi connectivity index (χ0) is 18.5. The smallest absolute Gasteiger partial charge is 0.223 e. The maximum absolute atomic E-state index is 13.9. The molecule has 0 unspecified atom stereocenters. The Bertz CT molecular complexity index is 805. The van der Waals surface area contributed by atoms with Crippen LogP contribution in [-0.2, 0) is 0 Å². The van der Waals surface area contributed by atoms with Crippen LogP contribution in [0.15, 0.2) is 58.5 Å². The Morgan fingerprint density at radius 2 is 1.46 bits per heavy atom. The summed E-state index contributed by atoms with van der Waals surface area (Å²) in [4.78, 5) is 12.1. The van der Waals surface area contributed by atoms with Crippen molar-refractivity contribution in [2.24, 2.45) is 27.2 Å². The van der Waals surface area contributed by atoms with E-state index in [4.69, 9.17) is 17.2 Å². The largest absolute Gasteiger partial charge is 0.370 e. The highest BCUT2D eigenvalue weighted by Gasteiger charge is 2.19. The third-order valence-electron chi connectivity index (χ3n) is 4.17. The van der Waals surface area contributed by atoms with Crippen LogP contribution < -0.4 is 27.0 Å². The van der Waals surface area contributed by atoms with Gasteiger partial charge in [-0.25, -0.2) is 9.38 Å². The van der Waals surface area contributed by atoms with Gasteiger partial charge >= 0.3 is 0 Å². The summed E-state index contributed by atoms with van der Waals surface area (Å²) in [6, 6.07) is 14.5. The summed E-state index contributed by atoms with van der Waals surface area (Å²) in [6.07, 6.45) is 0. The number of halogens is 1. The Balaban J connectivity index is 1.63. The minimum atomic E-state index is -0.179. The lowest BCUT2D eigenvalue weighted by molar-refractivity contribution is 0.598. The summed E-state index contributed by atoms with van der Waals surface area (Å²) in [5, 5.41) is 0. The lowest BCUT2D eigenvalue weighted by Gasteiger charge is -2.37. The van der Waals surface area contributed by atoms with Gasteiger partial charge < -0.3 is 27.0 Å². The molecular weight excluding hydrogens is 333 g/mol. The van der Waals surface area contributed by atoms with Crippen molar-refractivity contribution in [3.63, 3.8) is 0 Å². The van der Waals surface area contributed by atoms with Crippen molar-refractivity contribution in [3.8, 4) is 0 Å². The fraction of sp³-hybridized carbons (Fsp3) is 0.222. The topological polar surface area (TPSA) is 109 Å². The monoisotopic (exact) mass is 355 g/mol.